The van der Waals surface area contributed by atoms with Gasteiger partial charge < -0.3 is 14.9 Å². The average Bonchev–Trinajstić information content (AvgIpc) is 2.75. The molecule has 0 spiro atoms. The third kappa shape index (κ3) is 3.03. The molecule has 0 amide bonds. The quantitative estimate of drug-likeness (QED) is 0.817. The number of aromatic carboxylic acids is 1. The van der Waals surface area contributed by atoms with Crippen LogP contribution in [0.15, 0.2) is 22.9 Å². The molecule has 2 N–H and O–H groups in total. The van der Waals surface area contributed by atoms with Gasteiger partial charge in [-0.3, -0.25) is 0 Å². The molecule has 7 nitrogen and oxygen atoms in total. The molecular formula is C11H12N4O3. The summed E-state index contributed by atoms with van der Waals surface area (Å²) in [5, 5.41) is 15.5. The van der Waals surface area contributed by atoms with Crippen molar-refractivity contribution in [3.8, 4) is 0 Å². The summed E-state index contributed by atoms with van der Waals surface area (Å²) in [6.07, 6.45) is 2.00. The summed E-state index contributed by atoms with van der Waals surface area (Å²) >= 11 is 0. The number of aryl methyl sites for hydroxylation is 1. The van der Waals surface area contributed by atoms with Crippen LogP contribution in [0.25, 0.3) is 0 Å². The topological polar surface area (TPSA) is 101 Å². The molecule has 0 saturated carbocycles. The van der Waals surface area contributed by atoms with Crippen LogP contribution in [0.2, 0.25) is 0 Å². The summed E-state index contributed by atoms with van der Waals surface area (Å²) in [6, 6.07) is 2.91. The van der Waals surface area contributed by atoms with Crippen LogP contribution in [0.5, 0.6) is 0 Å². The number of anilines is 1. The largest absolute Gasteiger partial charge is 0.478 e. The molecule has 2 rings (SSSR count). The lowest BCUT2D eigenvalue weighted by Gasteiger charge is -2.03. The Labute approximate surface area is 103 Å². The molecule has 18 heavy (non-hydrogen) atoms. The zero-order valence-electron chi connectivity index (χ0n) is 9.75. The molecule has 0 atom stereocenters. The SMILES string of the molecule is Cc1noc(CCNc2cc(C(=O)O)ccn2)n1. The van der Waals surface area contributed by atoms with Gasteiger partial charge in [-0.2, -0.15) is 4.98 Å². The number of aromatic nitrogens is 3. The second-order valence-corrected chi connectivity index (χ2v) is 3.65. The molecule has 0 bridgehead atoms. The number of pyridine rings is 1. The van der Waals surface area contributed by atoms with Crippen LogP contribution < -0.4 is 5.32 Å². The Morgan fingerprint density at radius 3 is 3.06 bits per heavy atom. The Kier molecular flexibility index (Phi) is 3.52. The van der Waals surface area contributed by atoms with E-state index in [4.69, 9.17) is 9.63 Å². The first kappa shape index (κ1) is 12.0. The molecule has 0 aliphatic rings. The first-order chi connectivity index (χ1) is 8.65. The Morgan fingerprint density at radius 2 is 2.39 bits per heavy atom. The summed E-state index contributed by atoms with van der Waals surface area (Å²) in [7, 11) is 0. The maximum Gasteiger partial charge on any atom is 0.335 e. The lowest BCUT2D eigenvalue weighted by Crippen LogP contribution is -2.07. The first-order valence-electron chi connectivity index (χ1n) is 5.37. The molecule has 0 saturated heterocycles. The van der Waals surface area contributed by atoms with E-state index in [0.29, 0.717) is 30.5 Å². The number of nitrogens with one attached hydrogen (secondary N) is 1. The van der Waals surface area contributed by atoms with E-state index in [1.54, 1.807) is 6.92 Å². The maximum atomic E-state index is 10.8. The number of nitrogens with zero attached hydrogens (tertiary/aromatic N) is 3. The van der Waals surface area contributed by atoms with Crippen molar-refractivity contribution in [1.82, 2.24) is 15.1 Å². The fraction of sp³-hybridized carbons (Fsp3) is 0.273. The minimum absolute atomic E-state index is 0.195. The maximum absolute atomic E-state index is 10.8. The zero-order chi connectivity index (χ0) is 13.0. The van der Waals surface area contributed by atoms with Gasteiger partial charge >= 0.3 is 5.97 Å². The lowest BCUT2D eigenvalue weighted by molar-refractivity contribution is 0.0697. The van der Waals surface area contributed by atoms with Gasteiger partial charge in [-0.05, 0) is 19.1 Å². The fourth-order valence-corrected chi connectivity index (χ4v) is 1.40. The molecule has 94 valence electrons. The Bertz CT molecular complexity index is 553. The third-order valence-electron chi connectivity index (χ3n) is 2.22. The molecule has 0 fully saturated rings. The van der Waals surface area contributed by atoms with Gasteiger partial charge in [0.05, 0.1) is 5.56 Å². The number of hydrogen-bond donors (Lipinski definition) is 2. The van der Waals surface area contributed by atoms with Gasteiger partial charge in [0.2, 0.25) is 5.89 Å². The monoisotopic (exact) mass is 248 g/mol. The van der Waals surface area contributed by atoms with Crippen LogP contribution in [-0.2, 0) is 6.42 Å². The van der Waals surface area contributed by atoms with Gasteiger partial charge in [-0.15, -0.1) is 0 Å². The molecular weight excluding hydrogens is 236 g/mol. The van der Waals surface area contributed by atoms with Gasteiger partial charge in [0.1, 0.15) is 5.82 Å². The molecule has 0 radical (unpaired) electrons. The summed E-state index contributed by atoms with van der Waals surface area (Å²) in [6.45, 7) is 2.29. The smallest absolute Gasteiger partial charge is 0.335 e. The van der Waals surface area contributed by atoms with Crippen molar-refractivity contribution in [1.29, 1.82) is 0 Å². The number of carboxylic acid groups (broad SMARTS) is 1. The molecule has 0 aliphatic carbocycles. The number of carboxylic acids is 1. The Morgan fingerprint density at radius 1 is 1.56 bits per heavy atom. The summed E-state index contributed by atoms with van der Waals surface area (Å²) in [4.78, 5) is 18.8. The van der Waals surface area contributed by atoms with Gasteiger partial charge in [-0.1, -0.05) is 5.16 Å². The highest BCUT2D eigenvalue weighted by molar-refractivity contribution is 5.88. The number of hydrogen-bond acceptors (Lipinski definition) is 6. The summed E-state index contributed by atoms with van der Waals surface area (Å²) in [5.74, 6) is 0.657. The van der Waals surface area contributed by atoms with Gasteiger partial charge in [0.15, 0.2) is 5.82 Å². The van der Waals surface area contributed by atoms with Crippen molar-refractivity contribution in [2.45, 2.75) is 13.3 Å². The van der Waals surface area contributed by atoms with Crippen molar-refractivity contribution < 1.29 is 14.4 Å². The predicted octanol–water partition coefficient (Wildman–Crippen LogP) is 1.13. The molecule has 0 unspecified atom stereocenters. The van der Waals surface area contributed by atoms with Crippen molar-refractivity contribution in [2.75, 3.05) is 11.9 Å². The summed E-state index contributed by atoms with van der Waals surface area (Å²) in [5.41, 5.74) is 0.195. The van der Waals surface area contributed by atoms with E-state index in [-0.39, 0.29) is 5.56 Å². The highest BCUT2D eigenvalue weighted by atomic mass is 16.5. The average molecular weight is 248 g/mol. The fourth-order valence-electron chi connectivity index (χ4n) is 1.40. The second-order valence-electron chi connectivity index (χ2n) is 3.65. The van der Waals surface area contributed by atoms with Crippen molar-refractivity contribution in [3.05, 3.63) is 35.6 Å². The van der Waals surface area contributed by atoms with Gasteiger partial charge in [0.25, 0.3) is 0 Å². The van der Waals surface area contributed by atoms with Gasteiger partial charge in [-0.25, -0.2) is 9.78 Å². The van der Waals surface area contributed by atoms with Crippen LogP contribution >= 0.6 is 0 Å². The normalized spacial score (nSPS) is 10.3. The molecule has 2 aromatic heterocycles. The standard InChI is InChI=1S/C11H12N4O3/c1-7-14-10(18-15-7)3-5-13-9-6-8(11(16)17)2-4-12-9/h2,4,6H,3,5H2,1H3,(H,12,13)(H,16,17). The predicted molar refractivity (Wildman–Crippen MR) is 62.4 cm³/mol. The van der Waals surface area contributed by atoms with Crippen LogP contribution in [0.3, 0.4) is 0 Å². The highest BCUT2D eigenvalue weighted by Crippen LogP contribution is 2.07. The Hall–Kier alpha value is -2.44. The molecule has 7 heteroatoms. The zero-order valence-corrected chi connectivity index (χ0v) is 9.75. The van der Waals surface area contributed by atoms with Crippen molar-refractivity contribution in [2.24, 2.45) is 0 Å². The van der Waals surface area contributed by atoms with Crippen molar-refractivity contribution in [3.63, 3.8) is 0 Å². The van der Waals surface area contributed by atoms with Crippen LogP contribution in [-0.4, -0.2) is 32.7 Å². The summed E-state index contributed by atoms with van der Waals surface area (Å²) < 4.78 is 4.95. The van der Waals surface area contributed by atoms with E-state index < -0.39 is 5.97 Å². The minimum atomic E-state index is -0.979. The van der Waals surface area contributed by atoms with Gasteiger partial charge in [0, 0.05) is 19.2 Å². The third-order valence-corrected chi connectivity index (χ3v) is 2.22. The number of carbonyl (C=O) groups is 1. The van der Waals surface area contributed by atoms with E-state index in [2.05, 4.69) is 20.4 Å². The van der Waals surface area contributed by atoms with E-state index >= 15 is 0 Å². The number of rotatable bonds is 5. The van der Waals surface area contributed by atoms with Crippen molar-refractivity contribution >= 4 is 11.8 Å². The lowest BCUT2D eigenvalue weighted by atomic mass is 10.2. The molecule has 0 aliphatic heterocycles. The van der Waals surface area contributed by atoms with E-state index in [9.17, 15) is 4.79 Å². The first-order valence-corrected chi connectivity index (χ1v) is 5.37. The van der Waals surface area contributed by atoms with Crippen LogP contribution in [0, 0.1) is 6.92 Å². The van der Waals surface area contributed by atoms with E-state index in [1.807, 2.05) is 0 Å². The van der Waals surface area contributed by atoms with E-state index in [1.165, 1.54) is 18.3 Å². The Balaban J connectivity index is 1.90. The molecule has 2 heterocycles. The van der Waals surface area contributed by atoms with Crippen LogP contribution in [0.1, 0.15) is 22.1 Å². The minimum Gasteiger partial charge on any atom is -0.478 e. The molecule has 2 aromatic rings. The van der Waals surface area contributed by atoms with Crippen LogP contribution in [0.4, 0.5) is 5.82 Å². The molecule has 0 aromatic carbocycles. The second kappa shape index (κ2) is 5.26. The highest BCUT2D eigenvalue weighted by Gasteiger charge is 2.05. The van der Waals surface area contributed by atoms with E-state index in [0.717, 1.165) is 0 Å².